The highest BCUT2D eigenvalue weighted by molar-refractivity contribution is 5.85. The smallest absolute Gasteiger partial charge is 0.0942 e. The monoisotopic (exact) mass is 226 g/mol. The summed E-state index contributed by atoms with van der Waals surface area (Å²) in [4.78, 5) is 5.77. The van der Waals surface area contributed by atoms with Gasteiger partial charge in [0, 0.05) is 6.54 Å². The first-order chi connectivity index (χ1) is 8.43. The van der Waals surface area contributed by atoms with Crippen LogP contribution in [-0.2, 0) is 11.4 Å². The molecule has 1 fully saturated rings. The maximum absolute atomic E-state index is 5.77. The van der Waals surface area contributed by atoms with Crippen LogP contribution in [0.2, 0.25) is 0 Å². The van der Waals surface area contributed by atoms with Crippen molar-refractivity contribution >= 4 is 10.8 Å². The molecule has 0 atom stereocenters. The molecular formula is C15H16NO. The lowest BCUT2D eigenvalue weighted by Crippen LogP contribution is -2.16. The van der Waals surface area contributed by atoms with Gasteiger partial charge in [0.15, 0.2) is 0 Å². The molecule has 1 saturated heterocycles. The predicted molar refractivity (Wildman–Crippen MR) is 69.0 cm³/mol. The molecule has 0 amide bonds. The van der Waals surface area contributed by atoms with Gasteiger partial charge in [0.1, 0.15) is 0 Å². The SMILES string of the molecule is [CH]1CCCN1OCc1cccc2ccccc12. The Labute approximate surface area is 102 Å². The molecule has 0 saturated carbocycles. The molecule has 0 spiro atoms. The van der Waals surface area contributed by atoms with E-state index in [1.54, 1.807) is 0 Å². The Balaban J connectivity index is 1.79. The maximum atomic E-state index is 5.77. The van der Waals surface area contributed by atoms with Gasteiger partial charge < -0.3 is 0 Å². The first-order valence-corrected chi connectivity index (χ1v) is 6.13. The van der Waals surface area contributed by atoms with Crippen LogP contribution >= 0.6 is 0 Å². The molecule has 2 aromatic carbocycles. The average Bonchev–Trinajstić information content (AvgIpc) is 2.89. The van der Waals surface area contributed by atoms with Crippen LogP contribution in [0, 0.1) is 6.54 Å². The quantitative estimate of drug-likeness (QED) is 0.793. The molecule has 0 aliphatic carbocycles. The largest absolute Gasteiger partial charge is 0.294 e. The van der Waals surface area contributed by atoms with E-state index < -0.39 is 0 Å². The third-order valence-corrected chi connectivity index (χ3v) is 3.18. The third kappa shape index (κ3) is 2.33. The summed E-state index contributed by atoms with van der Waals surface area (Å²) >= 11 is 0. The van der Waals surface area contributed by atoms with Crippen molar-refractivity contribution in [2.75, 3.05) is 6.54 Å². The summed E-state index contributed by atoms with van der Waals surface area (Å²) in [5, 5.41) is 4.52. The van der Waals surface area contributed by atoms with Crippen LogP contribution in [0.4, 0.5) is 0 Å². The highest BCUT2D eigenvalue weighted by Crippen LogP contribution is 2.21. The van der Waals surface area contributed by atoms with Crippen LogP contribution < -0.4 is 0 Å². The van der Waals surface area contributed by atoms with Gasteiger partial charge >= 0.3 is 0 Å². The standard InChI is InChI=1S/C15H16NO/c1-2-9-15-13(6-1)7-5-8-14(15)12-17-16-10-3-4-11-16/h1-2,5-10H,3-4,11-12H2. The first kappa shape index (κ1) is 10.8. The highest BCUT2D eigenvalue weighted by Gasteiger charge is 2.12. The number of hydrogen-bond donors (Lipinski definition) is 0. The fourth-order valence-corrected chi connectivity index (χ4v) is 2.26. The normalized spacial score (nSPS) is 16.7. The van der Waals surface area contributed by atoms with Gasteiger partial charge in [0.25, 0.3) is 0 Å². The van der Waals surface area contributed by atoms with Crippen LogP contribution in [0.25, 0.3) is 10.8 Å². The van der Waals surface area contributed by atoms with E-state index in [9.17, 15) is 0 Å². The number of rotatable bonds is 3. The van der Waals surface area contributed by atoms with Crippen molar-refractivity contribution in [1.29, 1.82) is 0 Å². The Morgan fingerprint density at radius 1 is 1.06 bits per heavy atom. The van der Waals surface area contributed by atoms with Crippen molar-refractivity contribution in [2.45, 2.75) is 19.4 Å². The van der Waals surface area contributed by atoms with Crippen LogP contribution in [0.5, 0.6) is 0 Å². The van der Waals surface area contributed by atoms with Gasteiger partial charge in [-0.25, -0.2) is 0 Å². The molecule has 1 heterocycles. The first-order valence-electron chi connectivity index (χ1n) is 6.13. The molecule has 2 heteroatoms. The zero-order valence-corrected chi connectivity index (χ0v) is 9.80. The molecule has 1 aliphatic rings. The van der Waals surface area contributed by atoms with Crippen molar-refractivity contribution in [3.8, 4) is 0 Å². The lowest BCUT2D eigenvalue weighted by Gasteiger charge is -2.15. The minimum Gasteiger partial charge on any atom is -0.294 e. The van der Waals surface area contributed by atoms with Crippen molar-refractivity contribution < 1.29 is 4.84 Å². The number of hydroxylamine groups is 2. The van der Waals surface area contributed by atoms with Crippen molar-refractivity contribution in [3.05, 3.63) is 54.6 Å². The Morgan fingerprint density at radius 2 is 1.94 bits per heavy atom. The molecule has 2 nitrogen and oxygen atoms in total. The minimum atomic E-state index is 0.651. The lowest BCUT2D eigenvalue weighted by atomic mass is 10.1. The topological polar surface area (TPSA) is 12.5 Å². The number of hydrogen-bond acceptors (Lipinski definition) is 2. The minimum absolute atomic E-state index is 0.651. The van der Waals surface area contributed by atoms with Crippen molar-refractivity contribution in [3.63, 3.8) is 0 Å². The van der Waals surface area contributed by atoms with Gasteiger partial charge in [-0.05, 0) is 29.2 Å². The van der Waals surface area contributed by atoms with E-state index in [1.807, 2.05) is 5.06 Å². The summed E-state index contributed by atoms with van der Waals surface area (Å²) in [6.45, 7) is 3.80. The molecule has 2 aromatic rings. The van der Waals surface area contributed by atoms with Gasteiger partial charge in [-0.2, -0.15) is 5.06 Å². The van der Waals surface area contributed by atoms with E-state index in [2.05, 4.69) is 49.0 Å². The Hall–Kier alpha value is -1.38. The van der Waals surface area contributed by atoms with E-state index in [-0.39, 0.29) is 0 Å². The second-order valence-corrected chi connectivity index (χ2v) is 4.38. The van der Waals surface area contributed by atoms with Gasteiger partial charge in [-0.15, -0.1) is 0 Å². The van der Waals surface area contributed by atoms with Gasteiger partial charge in [-0.1, -0.05) is 42.5 Å². The summed E-state index contributed by atoms with van der Waals surface area (Å²) < 4.78 is 0. The maximum Gasteiger partial charge on any atom is 0.0942 e. The fourth-order valence-electron chi connectivity index (χ4n) is 2.26. The molecular weight excluding hydrogens is 210 g/mol. The molecule has 1 aliphatic heterocycles. The summed E-state index contributed by atoms with van der Waals surface area (Å²) in [5.74, 6) is 0. The number of nitrogens with zero attached hydrogens (tertiary/aromatic N) is 1. The van der Waals surface area contributed by atoms with Gasteiger partial charge in [-0.3, -0.25) is 4.84 Å². The van der Waals surface area contributed by atoms with E-state index in [4.69, 9.17) is 4.84 Å². The molecule has 87 valence electrons. The van der Waals surface area contributed by atoms with Crippen molar-refractivity contribution in [2.24, 2.45) is 0 Å². The third-order valence-electron chi connectivity index (χ3n) is 3.18. The van der Waals surface area contributed by atoms with E-state index >= 15 is 0 Å². The summed E-state index contributed by atoms with van der Waals surface area (Å²) in [7, 11) is 0. The summed E-state index contributed by atoms with van der Waals surface area (Å²) in [5.41, 5.74) is 1.25. The molecule has 0 bridgehead atoms. The Kier molecular flexibility index (Phi) is 3.08. The molecule has 0 aromatic heterocycles. The molecule has 0 N–H and O–H groups in total. The average molecular weight is 226 g/mol. The molecule has 0 unspecified atom stereocenters. The summed E-state index contributed by atoms with van der Waals surface area (Å²) in [6.07, 6.45) is 2.34. The second kappa shape index (κ2) is 4.86. The van der Waals surface area contributed by atoms with E-state index in [0.29, 0.717) is 6.61 Å². The lowest BCUT2D eigenvalue weighted by molar-refractivity contribution is -0.134. The van der Waals surface area contributed by atoms with E-state index in [1.165, 1.54) is 22.8 Å². The van der Waals surface area contributed by atoms with Crippen molar-refractivity contribution in [1.82, 2.24) is 5.06 Å². The summed E-state index contributed by atoms with van der Waals surface area (Å²) in [6, 6.07) is 14.8. The van der Waals surface area contributed by atoms with E-state index in [0.717, 1.165) is 13.0 Å². The Morgan fingerprint density at radius 3 is 2.82 bits per heavy atom. The molecule has 1 radical (unpaired) electrons. The van der Waals surface area contributed by atoms with Gasteiger partial charge in [0.05, 0.1) is 13.2 Å². The van der Waals surface area contributed by atoms with Crippen LogP contribution in [0.1, 0.15) is 18.4 Å². The fraction of sp³-hybridized carbons (Fsp3) is 0.267. The highest BCUT2D eigenvalue weighted by atomic mass is 16.7. The molecule has 17 heavy (non-hydrogen) atoms. The number of benzene rings is 2. The molecule has 3 rings (SSSR count). The second-order valence-electron chi connectivity index (χ2n) is 4.38. The predicted octanol–water partition coefficient (Wildman–Crippen LogP) is 3.53. The Bertz CT molecular complexity index is 498. The van der Waals surface area contributed by atoms with Gasteiger partial charge in [0.2, 0.25) is 0 Å². The zero-order valence-electron chi connectivity index (χ0n) is 9.80. The van der Waals surface area contributed by atoms with Crippen LogP contribution in [-0.4, -0.2) is 11.6 Å². The van der Waals surface area contributed by atoms with Crippen LogP contribution in [0.3, 0.4) is 0 Å². The zero-order chi connectivity index (χ0) is 11.5. The number of fused-ring (bicyclic) bond motifs is 1. The van der Waals surface area contributed by atoms with Crippen LogP contribution in [0.15, 0.2) is 42.5 Å².